The van der Waals surface area contributed by atoms with Gasteiger partial charge in [-0.1, -0.05) is 11.6 Å². The van der Waals surface area contributed by atoms with Crippen LogP contribution in [0.3, 0.4) is 0 Å². The Morgan fingerprint density at radius 1 is 1.25 bits per heavy atom. The van der Waals surface area contributed by atoms with Gasteiger partial charge < -0.3 is 15.0 Å². The highest BCUT2D eigenvalue weighted by Crippen LogP contribution is 2.50. The van der Waals surface area contributed by atoms with Gasteiger partial charge in [0.05, 0.1) is 5.02 Å². The maximum absolute atomic E-state index is 12.9. The van der Waals surface area contributed by atoms with Crippen molar-refractivity contribution in [1.82, 2.24) is 4.98 Å². The lowest BCUT2D eigenvalue weighted by atomic mass is 9.75. The summed E-state index contributed by atoms with van der Waals surface area (Å²) in [5, 5.41) is 2.51. The number of carbonyl (C=O) groups is 1. The van der Waals surface area contributed by atoms with Crippen LogP contribution in [0.4, 0.5) is 18.9 Å². The van der Waals surface area contributed by atoms with E-state index in [0.29, 0.717) is 12.1 Å². The van der Waals surface area contributed by atoms with Gasteiger partial charge in [-0.05, 0) is 60.4 Å². The minimum Gasteiger partial charge on any atom is -0.404 e. The minimum atomic E-state index is -4.84. The molecule has 1 fully saturated rings. The van der Waals surface area contributed by atoms with Crippen LogP contribution in [0.15, 0.2) is 35.3 Å². The highest BCUT2D eigenvalue weighted by atomic mass is 35.5. The minimum absolute atomic E-state index is 0.00825. The molecule has 1 aromatic carbocycles. The molecule has 0 spiro atoms. The molecule has 4 rings (SSSR count). The monoisotopic (exact) mass is 412 g/mol. The van der Waals surface area contributed by atoms with E-state index in [9.17, 15) is 22.8 Å². The molecule has 148 valence electrons. The van der Waals surface area contributed by atoms with Crippen molar-refractivity contribution in [2.75, 3.05) is 5.32 Å². The van der Waals surface area contributed by atoms with Crippen molar-refractivity contribution in [2.45, 2.75) is 31.5 Å². The summed E-state index contributed by atoms with van der Waals surface area (Å²) in [5.74, 6) is -0.854. The van der Waals surface area contributed by atoms with Gasteiger partial charge in [-0.2, -0.15) is 0 Å². The standard InChI is InChI=1S/C19H16ClF3N2O3/c20-14-7-11(2-4-15(14)28-19(21,22)23)25-18(27)17-9-1-3-12(17)13-8-24-16(26)6-10(13)5-9/h2,4,6-9,12,17H,1,3,5H2,(H,24,26)(H,25,27)/t9-,12-,17?/m0/s1. The lowest BCUT2D eigenvalue weighted by Gasteiger charge is -2.31. The Kier molecular flexibility index (Phi) is 4.61. The van der Waals surface area contributed by atoms with Crippen molar-refractivity contribution in [3.05, 3.63) is 57.0 Å². The van der Waals surface area contributed by atoms with Gasteiger partial charge in [-0.3, -0.25) is 9.59 Å². The Morgan fingerprint density at radius 3 is 2.75 bits per heavy atom. The summed E-state index contributed by atoms with van der Waals surface area (Å²) in [6, 6.07) is 5.21. The molecule has 1 unspecified atom stereocenters. The third kappa shape index (κ3) is 3.61. The number of nitrogens with one attached hydrogen (secondary N) is 2. The molecule has 3 atom stereocenters. The Bertz CT molecular complexity index is 989. The van der Waals surface area contributed by atoms with Crippen LogP contribution in [0.2, 0.25) is 5.02 Å². The highest BCUT2D eigenvalue weighted by molar-refractivity contribution is 6.32. The van der Waals surface area contributed by atoms with E-state index in [1.165, 1.54) is 12.1 Å². The number of carbonyl (C=O) groups excluding carboxylic acids is 1. The zero-order valence-electron chi connectivity index (χ0n) is 14.5. The van der Waals surface area contributed by atoms with Crippen molar-refractivity contribution in [3.8, 4) is 5.75 Å². The fourth-order valence-electron chi connectivity index (χ4n) is 4.40. The van der Waals surface area contributed by atoms with Gasteiger partial charge in [0.1, 0.15) is 5.75 Å². The Balaban J connectivity index is 1.52. The molecule has 9 heteroatoms. The molecule has 1 amide bonds. The Morgan fingerprint density at radius 2 is 2.04 bits per heavy atom. The predicted octanol–water partition coefficient (Wildman–Crippen LogP) is 4.23. The number of alkyl halides is 3. The van der Waals surface area contributed by atoms with E-state index in [4.69, 9.17) is 11.6 Å². The Hall–Kier alpha value is -2.48. The molecular formula is C19H16ClF3N2O3. The number of hydrogen-bond acceptors (Lipinski definition) is 3. The number of hydrogen-bond donors (Lipinski definition) is 2. The number of rotatable bonds is 3. The summed E-state index contributed by atoms with van der Waals surface area (Å²) in [4.78, 5) is 27.1. The number of aromatic amines is 1. The number of benzene rings is 1. The molecular weight excluding hydrogens is 397 g/mol. The first-order chi connectivity index (χ1) is 13.2. The highest BCUT2D eigenvalue weighted by Gasteiger charge is 2.46. The summed E-state index contributed by atoms with van der Waals surface area (Å²) < 4.78 is 40.9. The van der Waals surface area contributed by atoms with Crippen LogP contribution in [0.1, 0.15) is 29.9 Å². The first-order valence-corrected chi connectivity index (χ1v) is 9.17. The third-order valence-corrected chi connectivity index (χ3v) is 5.74. The fourth-order valence-corrected chi connectivity index (χ4v) is 4.62. The third-order valence-electron chi connectivity index (χ3n) is 5.45. The largest absolute Gasteiger partial charge is 0.573 e. The second kappa shape index (κ2) is 6.84. The molecule has 0 aliphatic heterocycles. The van der Waals surface area contributed by atoms with Gasteiger partial charge in [-0.25, -0.2) is 0 Å². The summed E-state index contributed by atoms with van der Waals surface area (Å²) in [6.07, 6.45) is -0.771. The van der Waals surface area contributed by atoms with Gasteiger partial charge >= 0.3 is 6.36 Å². The van der Waals surface area contributed by atoms with Crippen molar-refractivity contribution >= 4 is 23.2 Å². The van der Waals surface area contributed by atoms with Crippen LogP contribution >= 0.6 is 11.6 Å². The van der Waals surface area contributed by atoms with E-state index < -0.39 is 12.1 Å². The normalized spacial score (nSPS) is 23.2. The lowest BCUT2D eigenvalue weighted by Crippen LogP contribution is -2.34. The number of anilines is 1. The molecule has 1 heterocycles. The number of pyridine rings is 1. The van der Waals surface area contributed by atoms with E-state index in [2.05, 4.69) is 15.0 Å². The zero-order valence-corrected chi connectivity index (χ0v) is 15.2. The number of ether oxygens (including phenoxy) is 1. The molecule has 2 aromatic rings. The maximum atomic E-state index is 12.9. The van der Waals surface area contributed by atoms with E-state index >= 15 is 0 Å². The lowest BCUT2D eigenvalue weighted by molar-refractivity contribution is -0.274. The van der Waals surface area contributed by atoms with E-state index in [0.717, 1.165) is 30.0 Å². The fraction of sp³-hybridized carbons (Fsp3) is 0.368. The summed E-state index contributed by atoms with van der Waals surface area (Å²) in [5.41, 5.74) is 2.12. The van der Waals surface area contributed by atoms with Crippen molar-refractivity contribution < 1.29 is 22.7 Å². The van der Waals surface area contributed by atoms with E-state index in [-0.39, 0.29) is 34.2 Å². The first kappa shape index (κ1) is 18.9. The van der Waals surface area contributed by atoms with Gasteiger partial charge in [0, 0.05) is 23.9 Å². The van der Waals surface area contributed by atoms with Crippen LogP contribution in [-0.2, 0) is 11.2 Å². The number of halogens is 4. The SMILES string of the molecule is O=C(Nc1ccc(OC(F)(F)F)c(Cl)c1)C1[C@H]2CC[C@H]1c1c[nH]c(=O)cc1C2. The average molecular weight is 413 g/mol. The Labute approximate surface area is 162 Å². The van der Waals surface area contributed by atoms with E-state index in [1.807, 2.05) is 0 Å². The van der Waals surface area contributed by atoms with Crippen LogP contribution in [0.5, 0.6) is 5.75 Å². The molecule has 1 aromatic heterocycles. The molecule has 2 N–H and O–H groups in total. The van der Waals surface area contributed by atoms with Gasteiger partial charge in [0.15, 0.2) is 0 Å². The zero-order chi connectivity index (χ0) is 20.1. The number of fused-ring (bicyclic) bond motifs is 4. The van der Waals surface area contributed by atoms with Crippen LogP contribution in [0, 0.1) is 11.8 Å². The topological polar surface area (TPSA) is 71.2 Å². The van der Waals surface area contributed by atoms with Crippen molar-refractivity contribution in [2.24, 2.45) is 11.8 Å². The van der Waals surface area contributed by atoms with Gasteiger partial charge in [0.25, 0.3) is 0 Å². The van der Waals surface area contributed by atoms with Gasteiger partial charge in [-0.15, -0.1) is 13.2 Å². The first-order valence-electron chi connectivity index (χ1n) is 8.79. The molecule has 2 aliphatic rings. The predicted molar refractivity (Wildman–Crippen MR) is 96.5 cm³/mol. The van der Waals surface area contributed by atoms with Crippen LogP contribution < -0.4 is 15.6 Å². The summed E-state index contributed by atoms with van der Waals surface area (Å²) in [6.45, 7) is 0. The molecule has 0 saturated heterocycles. The quantitative estimate of drug-likeness (QED) is 0.792. The second-order valence-electron chi connectivity index (χ2n) is 7.13. The summed E-state index contributed by atoms with van der Waals surface area (Å²) in [7, 11) is 0. The molecule has 1 saturated carbocycles. The second-order valence-corrected chi connectivity index (χ2v) is 7.54. The van der Waals surface area contributed by atoms with Crippen molar-refractivity contribution in [3.63, 3.8) is 0 Å². The smallest absolute Gasteiger partial charge is 0.404 e. The molecule has 2 aliphatic carbocycles. The van der Waals surface area contributed by atoms with E-state index in [1.54, 1.807) is 12.3 Å². The molecule has 5 nitrogen and oxygen atoms in total. The molecule has 28 heavy (non-hydrogen) atoms. The summed E-state index contributed by atoms with van der Waals surface area (Å²) >= 11 is 5.85. The molecule has 2 bridgehead atoms. The average Bonchev–Trinajstić information content (AvgIpc) is 2.91. The van der Waals surface area contributed by atoms with Crippen LogP contribution in [0.25, 0.3) is 0 Å². The van der Waals surface area contributed by atoms with Crippen LogP contribution in [-0.4, -0.2) is 17.3 Å². The number of H-pyrrole nitrogens is 1. The van der Waals surface area contributed by atoms with Gasteiger partial charge in [0.2, 0.25) is 11.5 Å². The number of aromatic nitrogens is 1. The maximum Gasteiger partial charge on any atom is 0.573 e. The molecule has 0 radical (unpaired) electrons. The number of amides is 1. The van der Waals surface area contributed by atoms with Crippen molar-refractivity contribution in [1.29, 1.82) is 0 Å².